The molecule has 0 spiro atoms. The van der Waals surface area contributed by atoms with Crippen LogP contribution in [0.4, 0.5) is 5.69 Å². The van der Waals surface area contributed by atoms with Gasteiger partial charge in [0.25, 0.3) is 11.7 Å². The summed E-state index contributed by atoms with van der Waals surface area (Å²) in [6.45, 7) is 2.25. The minimum Gasteiger partial charge on any atom is -0.507 e. The Morgan fingerprint density at radius 2 is 1.74 bits per heavy atom. The molecule has 2 aliphatic rings. The Balaban J connectivity index is 1.62. The molecular weight excluding hydrogens is 440 g/mol. The zero-order chi connectivity index (χ0) is 24.7. The summed E-state index contributed by atoms with van der Waals surface area (Å²) in [5.74, 6) is -0.669. The smallest absolute Gasteiger partial charge is 0.295 e. The normalized spacial score (nSPS) is 20.6. The first kappa shape index (κ1) is 22.7. The summed E-state index contributed by atoms with van der Waals surface area (Å²) < 4.78 is 5.78. The molecule has 2 heterocycles. The van der Waals surface area contributed by atoms with Crippen molar-refractivity contribution in [3.63, 3.8) is 0 Å². The predicted octanol–water partition coefficient (Wildman–Crippen LogP) is 4.70. The van der Waals surface area contributed by atoms with Crippen molar-refractivity contribution in [2.24, 2.45) is 0 Å². The van der Waals surface area contributed by atoms with E-state index in [1.807, 2.05) is 92.6 Å². The van der Waals surface area contributed by atoms with E-state index >= 15 is 0 Å². The SMILES string of the molecule is C[C@H]1Cc2cc(C(O)=C3C(=O)C(=O)N(Cc4ccccc4)[C@H]3c3ccc(N(C)C)cc3)ccc2O1. The number of nitrogens with zero attached hydrogens (tertiary/aromatic N) is 2. The van der Waals surface area contributed by atoms with Gasteiger partial charge in [0.1, 0.15) is 17.6 Å². The molecule has 0 unspecified atom stereocenters. The highest BCUT2D eigenvalue weighted by atomic mass is 16.5. The zero-order valence-electron chi connectivity index (χ0n) is 20.1. The van der Waals surface area contributed by atoms with Crippen LogP contribution >= 0.6 is 0 Å². The van der Waals surface area contributed by atoms with E-state index in [4.69, 9.17) is 4.74 Å². The molecule has 2 atom stereocenters. The first-order chi connectivity index (χ1) is 16.8. The number of amides is 1. The highest BCUT2D eigenvalue weighted by Gasteiger charge is 2.46. The lowest BCUT2D eigenvalue weighted by Crippen LogP contribution is -2.29. The summed E-state index contributed by atoms with van der Waals surface area (Å²) in [7, 11) is 3.91. The van der Waals surface area contributed by atoms with Gasteiger partial charge in [0, 0.05) is 38.3 Å². The van der Waals surface area contributed by atoms with Crippen LogP contribution in [-0.2, 0) is 22.6 Å². The number of Topliss-reactive ketones (excluding diaryl/α,β-unsaturated/α-hetero) is 1. The number of likely N-dealkylation sites (tertiary alicyclic amines) is 1. The number of aliphatic hydroxyl groups excluding tert-OH is 1. The molecule has 3 aromatic rings. The van der Waals surface area contributed by atoms with E-state index in [0.717, 1.165) is 34.5 Å². The molecule has 0 bridgehead atoms. The van der Waals surface area contributed by atoms with Gasteiger partial charge >= 0.3 is 0 Å². The Hall–Kier alpha value is -4.06. The largest absolute Gasteiger partial charge is 0.507 e. The van der Waals surface area contributed by atoms with Crippen LogP contribution in [0.15, 0.2) is 78.4 Å². The molecule has 0 aliphatic carbocycles. The van der Waals surface area contributed by atoms with Crippen molar-refractivity contribution in [1.82, 2.24) is 4.90 Å². The standard InChI is InChI=1S/C29H28N2O4/c1-18-15-22-16-21(11-14-24(22)35-18)27(32)25-26(20-9-12-23(13-10-20)30(2)3)31(29(34)28(25)33)17-19-7-5-4-6-8-19/h4-14,16,18,26,32H,15,17H2,1-3H3/t18-,26-/m0/s1. The summed E-state index contributed by atoms with van der Waals surface area (Å²) in [5.41, 5.74) is 4.27. The number of carbonyl (C=O) groups is 2. The van der Waals surface area contributed by atoms with Crippen molar-refractivity contribution in [1.29, 1.82) is 0 Å². The van der Waals surface area contributed by atoms with Gasteiger partial charge in [-0.3, -0.25) is 9.59 Å². The van der Waals surface area contributed by atoms with E-state index in [9.17, 15) is 14.7 Å². The van der Waals surface area contributed by atoms with Crippen LogP contribution in [0.5, 0.6) is 5.75 Å². The molecule has 1 N–H and O–H groups in total. The van der Waals surface area contributed by atoms with Gasteiger partial charge in [-0.15, -0.1) is 0 Å². The number of aliphatic hydroxyl groups is 1. The molecule has 1 fully saturated rings. The predicted molar refractivity (Wildman–Crippen MR) is 135 cm³/mol. The van der Waals surface area contributed by atoms with Crippen molar-refractivity contribution in [3.8, 4) is 5.75 Å². The van der Waals surface area contributed by atoms with Gasteiger partial charge in [0.15, 0.2) is 0 Å². The molecular formula is C29H28N2O4. The Kier molecular flexibility index (Phi) is 5.81. The molecule has 2 aliphatic heterocycles. The van der Waals surface area contributed by atoms with Crippen LogP contribution < -0.4 is 9.64 Å². The molecule has 6 nitrogen and oxygen atoms in total. The first-order valence-electron chi connectivity index (χ1n) is 11.7. The van der Waals surface area contributed by atoms with Gasteiger partial charge in [-0.05, 0) is 53.9 Å². The quantitative estimate of drug-likeness (QED) is 0.334. The van der Waals surface area contributed by atoms with Gasteiger partial charge < -0.3 is 19.6 Å². The summed E-state index contributed by atoms with van der Waals surface area (Å²) in [6.07, 6.45) is 0.794. The maximum absolute atomic E-state index is 13.3. The topological polar surface area (TPSA) is 70.1 Å². The number of hydrogen-bond acceptors (Lipinski definition) is 5. The number of anilines is 1. The van der Waals surface area contributed by atoms with Crippen LogP contribution in [0.25, 0.3) is 5.76 Å². The molecule has 0 radical (unpaired) electrons. The van der Waals surface area contributed by atoms with Gasteiger partial charge in [-0.25, -0.2) is 0 Å². The first-order valence-corrected chi connectivity index (χ1v) is 11.7. The lowest BCUT2D eigenvalue weighted by Gasteiger charge is -2.26. The van der Waals surface area contributed by atoms with Crippen molar-refractivity contribution in [3.05, 3.63) is 101 Å². The van der Waals surface area contributed by atoms with Crippen molar-refractivity contribution in [2.45, 2.75) is 32.0 Å². The van der Waals surface area contributed by atoms with Crippen molar-refractivity contribution >= 4 is 23.1 Å². The Bertz CT molecular complexity index is 1310. The average Bonchev–Trinajstić information content (AvgIpc) is 3.35. The maximum Gasteiger partial charge on any atom is 0.295 e. The van der Waals surface area contributed by atoms with Crippen LogP contribution in [0.3, 0.4) is 0 Å². The van der Waals surface area contributed by atoms with Crippen LogP contribution in [0, 0.1) is 0 Å². The molecule has 0 aromatic heterocycles. The summed E-state index contributed by atoms with van der Waals surface area (Å²) in [5, 5.41) is 11.4. The number of ketones is 1. The number of fused-ring (bicyclic) bond motifs is 1. The molecule has 1 saturated heterocycles. The molecule has 178 valence electrons. The van der Waals surface area contributed by atoms with Crippen molar-refractivity contribution in [2.75, 3.05) is 19.0 Å². The van der Waals surface area contributed by atoms with E-state index in [1.54, 1.807) is 11.0 Å². The van der Waals surface area contributed by atoms with Crippen LogP contribution in [-0.4, -0.2) is 41.9 Å². The monoisotopic (exact) mass is 468 g/mol. The minimum absolute atomic E-state index is 0.0639. The van der Waals surface area contributed by atoms with E-state index in [1.165, 1.54) is 0 Å². The third-order valence-electron chi connectivity index (χ3n) is 6.63. The highest BCUT2D eigenvalue weighted by Crippen LogP contribution is 2.41. The van der Waals surface area contributed by atoms with E-state index < -0.39 is 17.7 Å². The molecule has 6 heteroatoms. The highest BCUT2D eigenvalue weighted by molar-refractivity contribution is 6.46. The number of carbonyl (C=O) groups excluding carboxylic acids is 2. The molecule has 1 amide bonds. The summed E-state index contributed by atoms with van der Waals surface area (Å²) in [6, 6.07) is 22.0. The van der Waals surface area contributed by atoms with Gasteiger partial charge in [0.2, 0.25) is 0 Å². The summed E-state index contributed by atoms with van der Waals surface area (Å²) in [4.78, 5) is 30.1. The fourth-order valence-corrected chi connectivity index (χ4v) is 4.85. The van der Waals surface area contributed by atoms with Gasteiger partial charge in [-0.1, -0.05) is 42.5 Å². The third kappa shape index (κ3) is 4.16. The fourth-order valence-electron chi connectivity index (χ4n) is 4.85. The van der Waals surface area contributed by atoms with Crippen LogP contribution in [0.1, 0.15) is 35.2 Å². The van der Waals surface area contributed by atoms with E-state index in [0.29, 0.717) is 5.56 Å². The Morgan fingerprint density at radius 1 is 1.03 bits per heavy atom. The van der Waals surface area contributed by atoms with E-state index in [-0.39, 0.29) is 24.0 Å². The molecule has 5 rings (SSSR count). The molecule has 0 saturated carbocycles. The maximum atomic E-state index is 13.3. The summed E-state index contributed by atoms with van der Waals surface area (Å²) >= 11 is 0. The zero-order valence-corrected chi connectivity index (χ0v) is 20.1. The average molecular weight is 469 g/mol. The van der Waals surface area contributed by atoms with Gasteiger partial charge in [-0.2, -0.15) is 0 Å². The lowest BCUT2D eigenvalue weighted by atomic mass is 9.94. The second kappa shape index (κ2) is 8.95. The molecule has 3 aromatic carbocycles. The number of rotatable bonds is 5. The van der Waals surface area contributed by atoms with E-state index in [2.05, 4.69) is 0 Å². The van der Waals surface area contributed by atoms with Gasteiger partial charge in [0.05, 0.1) is 11.6 Å². The third-order valence-corrected chi connectivity index (χ3v) is 6.63. The second-order valence-corrected chi connectivity index (χ2v) is 9.35. The van der Waals surface area contributed by atoms with Crippen LogP contribution in [0.2, 0.25) is 0 Å². The lowest BCUT2D eigenvalue weighted by molar-refractivity contribution is -0.140. The number of hydrogen-bond donors (Lipinski definition) is 1. The number of ether oxygens (including phenoxy) is 1. The fraction of sp³-hybridized carbons (Fsp3) is 0.241. The Labute approximate surface area is 205 Å². The minimum atomic E-state index is -0.699. The van der Waals surface area contributed by atoms with Crippen molar-refractivity contribution < 1.29 is 19.4 Å². The molecule has 35 heavy (non-hydrogen) atoms. The Morgan fingerprint density at radius 3 is 2.43 bits per heavy atom. The number of benzene rings is 3. The second-order valence-electron chi connectivity index (χ2n) is 9.35.